The van der Waals surface area contributed by atoms with Crippen molar-refractivity contribution in [1.29, 1.82) is 0 Å². The molecule has 0 bridgehead atoms. The van der Waals surface area contributed by atoms with Crippen LogP contribution < -0.4 is 10.1 Å². The van der Waals surface area contributed by atoms with Gasteiger partial charge in [-0.3, -0.25) is 4.79 Å². The molecule has 0 saturated heterocycles. The van der Waals surface area contributed by atoms with E-state index in [4.69, 9.17) is 16.3 Å². The van der Waals surface area contributed by atoms with Crippen LogP contribution in [0.2, 0.25) is 5.02 Å². The van der Waals surface area contributed by atoms with Gasteiger partial charge in [-0.2, -0.15) is 0 Å². The molecule has 3 rings (SSSR count). The summed E-state index contributed by atoms with van der Waals surface area (Å²) in [6, 6.07) is 18.9. The Kier molecular flexibility index (Phi) is 5.54. The van der Waals surface area contributed by atoms with E-state index in [1.54, 1.807) is 24.3 Å². The third-order valence-corrected chi connectivity index (χ3v) is 4.02. The molecular formula is C21H17ClFNO2. The molecule has 3 nitrogen and oxygen atoms in total. The zero-order chi connectivity index (χ0) is 18.5. The summed E-state index contributed by atoms with van der Waals surface area (Å²) >= 11 is 5.73. The predicted octanol–water partition coefficient (Wildman–Crippen LogP) is 5.62. The number of amides is 1. The number of halogens is 2. The van der Waals surface area contributed by atoms with E-state index in [2.05, 4.69) is 5.32 Å². The average Bonchev–Trinajstić information content (AvgIpc) is 2.62. The Morgan fingerprint density at radius 3 is 2.65 bits per heavy atom. The highest BCUT2D eigenvalue weighted by atomic mass is 35.5. The molecule has 5 heteroatoms. The molecule has 3 aromatic rings. The van der Waals surface area contributed by atoms with Gasteiger partial charge in [-0.05, 0) is 42.8 Å². The first-order valence-electron chi connectivity index (χ1n) is 8.07. The first-order chi connectivity index (χ1) is 12.5. The van der Waals surface area contributed by atoms with E-state index < -0.39 is 11.7 Å². The molecule has 132 valence electrons. The van der Waals surface area contributed by atoms with E-state index in [0.29, 0.717) is 17.9 Å². The summed E-state index contributed by atoms with van der Waals surface area (Å²) in [4.78, 5) is 12.5. The number of carbonyl (C=O) groups is 1. The second kappa shape index (κ2) is 8.02. The van der Waals surface area contributed by atoms with Crippen molar-refractivity contribution in [2.24, 2.45) is 0 Å². The van der Waals surface area contributed by atoms with Gasteiger partial charge >= 0.3 is 0 Å². The molecule has 0 aliphatic carbocycles. The summed E-state index contributed by atoms with van der Waals surface area (Å²) in [7, 11) is 0. The standard InChI is InChI=1S/C21H17ClFNO2/c1-14-5-4-6-15(11-14)13-26-20-8-3-2-7-17(20)21(25)24-19-10-9-16(22)12-18(19)23/h2-12H,13H2,1H3,(H,24,25). The molecule has 0 fully saturated rings. The highest BCUT2D eigenvalue weighted by Crippen LogP contribution is 2.23. The lowest BCUT2D eigenvalue weighted by molar-refractivity contribution is 0.102. The number of rotatable bonds is 5. The number of ether oxygens (including phenoxy) is 1. The van der Waals surface area contributed by atoms with E-state index in [-0.39, 0.29) is 10.7 Å². The van der Waals surface area contributed by atoms with Crippen LogP contribution in [0.25, 0.3) is 0 Å². The van der Waals surface area contributed by atoms with Crippen molar-refractivity contribution >= 4 is 23.2 Å². The van der Waals surface area contributed by atoms with Crippen LogP contribution in [0.5, 0.6) is 5.75 Å². The minimum absolute atomic E-state index is 0.0629. The van der Waals surface area contributed by atoms with E-state index in [1.165, 1.54) is 12.1 Å². The molecule has 1 amide bonds. The van der Waals surface area contributed by atoms with Crippen LogP contribution in [0.4, 0.5) is 10.1 Å². The molecular weight excluding hydrogens is 353 g/mol. The van der Waals surface area contributed by atoms with Crippen molar-refractivity contribution in [3.63, 3.8) is 0 Å². The molecule has 1 N–H and O–H groups in total. The molecule has 0 aromatic heterocycles. The fourth-order valence-electron chi connectivity index (χ4n) is 2.52. The van der Waals surface area contributed by atoms with Gasteiger partial charge in [-0.25, -0.2) is 4.39 Å². The highest BCUT2D eigenvalue weighted by molar-refractivity contribution is 6.30. The summed E-state index contributed by atoms with van der Waals surface area (Å²) < 4.78 is 19.7. The molecule has 0 unspecified atom stereocenters. The van der Waals surface area contributed by atoms with Gasteiger partial charge in [-0.15, -0.1) is 0 Å². The number of para-hydroxylation sites is 1. The van der Waals surface area contributed by atoms with Crippen LogP contribution in [-0.2, 0) is 6.61 Å². The summed E-state index contributed by atoms with van der Waals surface area (Å²) in [5.74, 6) is -0.615. The number of nitrogens with one attached hydrogen (secondary N) is 1. The molecule has 0 radical (unpaired) electrons. The molecule has 0 atom stereocenters. The second-order valence-electron chi connectivity index (χ2n) is 5.85. The Morgan fingerprint density at radius 2 is 1.88 bits per heavy atom. The van der Waals surface area contributed by atoms with Crippen molar-refractivity contribution in [1.82, 2.24) is 0 Å². The molecule has 0 aliphatic heterocycles. The molecule has 0 spiro atoms. The van der Waals surface area contributed by atoms with Crippen molar-refractivity contribution in [3.05, 3.63) is 94.3 Å². The fourth-order valence-corrected chi connectivity index (χ4v) is 2.68. The zero-order valence-electron chi connectivity index (χ0n) is 14.1. The van der Waals surface area contributed by atoms with Crippen LogP contribution >= 0.6 is 11.6 Å². The van der Waals surface area contributed by atoms with Gasteiger partial charge in [0.1, 0.15) is 18.2 Å². The Hall–Kier alpha value is -2.85. The van der Waals surface area contributed by atoms with E-state index >= 15 is 0 Å². The lowest BCUT2D eigenvalue weighted by Crippen LogP contribution is -2.14. The van der Waals surface area contributed by atoms with Gasteiger partial charge in [0, 0.05) is 5.02 Å². The minimum atomic E-state index is -0.594. The van der Waals surface area contributed by atoms with Crippen LogP contribution in [0.3, 0.4) is 0 Å². The number of anilines is 1. The molecule has 0 heterocycles. The van der Waals surface area contributed by atoms with Gasteiger partial charge < -0.3 is 10.1 Å². The maximum atomic E-state index is 13.9. The van der Waals surface area contributed by atoms with E-state index in [1.807, 2.05) is 31.2 Å². The second-order valence-corrected chi connectivity index (χ2v) is 6.29. The Balaban J connectivity index is 1.76. The summed E-state index contributed by atoms with van der Waals surface area (Å²) in [5.41, 5.74) is 2.53. The summed E-state index contributed by atoms with van der Waals surface area (Å²) in [5, 5.41) is 2.81. The highest BCUT2D eigenvalue weighted by Gasteiger charge is 2.14. The third-order valence-electron chi connectivity index (χ3n) is 3.79. The number of benzene rings is 3. The molecule has 0 saturated carbocycles. The maximum absolute atomic E-state index is 13.9. The molecule has 0 aliphatic rings. The lowest BCUT2D eigenvalue weighted by Gasteiger charge is -2.12. The van der Waals surface area contributed by atoms with Crippen molar-refractivity contribution in [3.8, 4) is 5.75 Å². The number of hydrogen-bond donors (Lipinski definition) is 1. The van der Waals surface area contributed by atoms with E-state index in [0.717, 1.165) is 17.2 Å². The predicted molar refractivity (Wildman–Crippen MR) is 101 cm³/mol. The van der Waals surface area contributed by atoms with E-state index in [9.17, 15) is 9.18 Å². The van der Waals surface area contributed by atoms with Gasteiger partial charge in [0.25, 0.3) is 5.91 Å². The van der Waals surface area contributed by atoms with Gasteiger partial charge in [0.05, 0.1) is 11.3 Å². The minimum Gasteiger partial charge on any atom is -0.488 e. The third kappa shape index (κ3) is 4.41. The largest absolute Gasteiger partial charge is 0.488 e. The smallest absolute Gasteiger partial charge is 0.259 e. The fraction of sp³-hybridized carbons (Fsp3) is 0.0952. The van der Waals surface area contributed by atoms with Crippen LogP contribution in [0.1, 0.15) is 21.5 Å². The average molecular weight is 370 g/mol. The Morgan fingerprint density at radius 1 is 1.08 bits per heavy atom. The van der Waals surface area contributed by atoms with Gasteiger partial charge in [0.2, 0.25) is 0 Å². The van der Waals surface area contributed by atoms with Crippen molar-refractivity contribution in [2.75, 3.05) is 5.32 Å². The van der Waals surface area contributed by atoms with Crippen molar-refractivity contribution in [2.45, 2.75) is 13.5 Å². The number of carbonyl (C=O) groups excluding carboxylic acids is 1. The Labute approximate surface area is 156 Å². The Bertz CT molecular complexity index is 943. The maximum Gasteiger partial charge on any atom is 0.259 e. The van der Waals surface area contributed by atoms with Crippen LogP contribution in [0.15, 0.2) is 66.7 Å². The zero-order valence-corrected chi connectivity index (χ0v) is 14.9. The summed E-state index contributed by atoms with van der Waals surface area (Å²) in [6.45, 7) is 2.34. The normalized spacial score (nSPS) is 10.4. The van der Waals surface area contributed by atoms with Gasteiger partial charge in [-0.1, -0.05) is 53.6 Å². The first kappa shape index (κ1) is 18.0. The number of hydrogen-bond acceptors (Lipinski definition) is 2. The lowest BCUT2D eigenvalue weighted by atomic mass is 10.1. The first-order valence-corrected chi connectivity index (χ1v) is 8.44. The molecule has 26 heavy (non-hydrogen) atoms. The molecule has 3 aromatic carbocycles. The SMILES string of the molecule is Cc1cccc(COc2ccccc2C(=O)Nc2ccc(Cl)cc2F)c1. The van der Waals surface area contributed by atoms with Gasteiger partial charge in [0.15, 0.2) is 0 Å². The van der Waals surface area contributed by atoms with Crippen molar-refractivity contribution < 1.29 is 13.9 Å². The quantitative estimate of drug-likeness (QED) is 0.634. The topological polar surface area (TPSA) is 38.3 Å². The van der Waals surface area contributed by atoms with Crippen LogP contribution in [0, 0.1) is 12.7 Å². The van der Waals surface area contributed by atoms with Crippen LogP contribution in [-0.4, -0.2) is 5.91 Å². The monoisotopic (exact) mass is 369 g/mol. The number of aryl methyl sites for hydroxylation is 1. The summed E-state index contributed by atoms with van der Waals surface area (Å²) in [6.07, 6.45) is 0.